The van der Waals surface area contributed by atoms with Gasteiger partial charge >= 0.3 is 0 Å². The molecule has 4 atom stereocenters. The average molecular weight is 901 g/mol. The SMILES string of the molecule is Cc1nc(-c2ccc(CCC(C)C)cc2)ncc1C(=O)C[C@@H](CCN)C(=O)N(C)[C@@H]1C(=O)C[C@@H](C)C(=O)N[C@H](C(=O)CCC#N)Cc2ccc(OCCN)c(c2)-c2cc1ccc2OCCN. The number of amides is 2. The number of ketones is 3. The first-order chi connectivity index (χ1) is 31.7. The predicted octanol–water partition coefficient (Wildman–Crippen LogP) is 5.63. The third kappa shape index (κ3) is 13.1. The quantitative estimate of drug-likeness (QED) is 0.0787. The molecule has 2 heterocycles. The monoisotopic (exact) mass is 900 g/mol. The Labute approximate surface area is 387 Å². The van der Waals surface area contributed by atoms with Crippen molar-refractivity contribution in [3.63, 3.8) is 0 Å². The second-order valence-electron chi connectivity index (χ2n) is 17.4. The summed E-state index contributed by atoms with van der Waals surface area (Å²) in [4.78, 5) is 81.3. The van der Waals surface area contributed by atoms with Crippen LogP contribution in [0.3, 0.4) is 0 Å². The van der Waals surface area contributed by atoms with Crippen LogP contribution in [-0.4, -0.2) is 90.0 Å². The van der Waals surface area contributed by atoms with Gasteiger partial charge in [0.25, 0.3) is 0 Å². The van der Waals surface area contributed by atoms with Crippen molar-refractivity contribution in [2.24, 2.45) is 35.0 Å². The third-order valence-corrected chi connectivity index (χ3v) is 11.8. The van der Waals surface area contributed by atoms with E-state index in [0.717, 1.165) is 18.4 Å². The van der Waals surface area contributed by atoms with E-state index < -0.39 is 41.5 Å². The fourth-order valence-corrected chi connectivity index (χ4v) is 8.13. The summed E-state index contributed by atoms with van der Waals surface area (Å²) in [5, 5.41) is 12.1. The number of carbonyl (C=O) groups excluding carboxylic acids is 5. The standard InChI is InChI=1S/C51H64N8O7/c1-31(2)8-9-34-10-13-36(14-11-34)49-56-30-41(33(4)57-49)44(61)29-38(18-20-53)51(64)59(5)48-37-15-17-47(66-24-22-55)40(28-37)39-26-35(12-16-46(39)65-23-21-54)27-42(43(60)7-6-19-52)58-50(63)32(3)25-45(48)62/h10-17,26,28,30-32,38,42,48H,6-9,18,20-25,27,29,53-55H2,1-5H3,(H,58,63)/t32-,38-,42+,48+/m1/s1. The second-order valence-corrected chi connectivity index (χ2v) is 17.4. The van der Waals surface area contributed by atoms with Gasteiger partial charge in [-0.05, 0) is 86.0 Å². The zero-order valence-electron chi connectivity index (χ0n) is 38.8. The van der Waals surface area contributed by atoms with Gasteiger partial charge in [0.1, 0.15) is 30.8 Å². The van der Waals surface area contributed by atoms with Crippen molar-refractivity contribution in [1.29, 1.82) is 5.26 Å². The molecule has 0 saturated carbocycles. The minimum Gasteiger partial charge on any atom is -0.492 e. The molecule has 2 amide bonds. The van der Waals surface area contributed by atoms with E-state index in [9.17, 15) is 29.2 Å². The van der Waals surface area contributed by atoms with E-state index in [4.69, 9.17) is 26.7 Å². The number of likely N-dealkylation sites (N-methyl/N-ethyl adjacent to an activating group) is 1. The van der Waals surface area contributed by atoms with E-state index in [0.29, 0.717) is 51.2 Å². The van der Waals surface area contributed by atoms with E-state index in [2.05, 4.69) is 41.3 Å². The largest absolute Gasteiger partial charge is 0.492 e. The predicted molar refractivity (Wildman–Crippen MR) is 252 cm³/mol. The van der Waals surface area contributed by atoms with Crippen molar-refractivity contribution in [2.45, 2.75) is 91.1 Å². The van der Waals surface area contributed by atoms with Crippen molar-refractivity contribution >= 4 is 29.2 Å². The van der Waals surface area contributed by atoms with Crippen molar-refractivity contribution in [1.82, 2.24) is 20.2 Å². The van der Waals surface area contributed by atoms with E-state index in [1.165, 1.54) is 23.7 Å². The molecule has 0 spiro atoms. The molecule has 0 aliphatic carbocycles. The molecular weight excluding hydrogens is 837 g/mol. The zero-order valence-corrected chi connectivity index (χ0v) is 38.8. The molecule has 1 aliphatic rings. The van der Waals surface area contributed by atoms with Gasteiger partial charge in [0, 0.05) is 80.5 Å². The van der Waals surface area contributed by atoms with Gasteiger partial charge < -0.3 is 36.9 Å². The topological polar surface area (TPSA) is 247 Å². The number of nitriles is 1. The van der Waals surface area contributed by atoms with Gasteiger partial charge in [0.15, 0.2) is 23.2 Å². The highest BCUT2D eigenvalue weighted by Crippen LogP contribution is 2.41. The molecule has 0 saturated heterocycles. The molecular formula is C51H64N8O7. The lowest BCUT2D eigenvalue weighted by Crippen LogP contribution is -2.46. The van der Waals surface area contributed by atoms with Crippen LogP contribution in [0, 0.1) is 36.0 Å². The summed E-state index contributed by atoms with van der Waals surface area (Å²) in [6.07, 6.45) is 3.16. The van der Waals surface area contributed by atoms with Gasteiger partial charge in [-0.2, -0.15) is 5.26 Å². The Morgan fingerprint density at radius 2 is 1.58 bits per heavy atom. The average Bonchev–Trinajstić information content (AvgIpc) is 3.30. The Balaban J connectivity index is 1.53. The van der Waals surface area contributed by atoms with Gasteiger partial charge in [-0.15, -0.1) is 0 Å². The molecule has 1 aliphatic heterocycles. The van der Waals surface area contributed by atoms with Crippen LogP contribution in [0.1, 0.15) is 98.1 Å². The molecule has 0 fully saturated rings. The fraction of sp³-hybridized carbons (Fsp3) is 0.451. The number of nitrogens with two attached hydrogens (primary N) is 3. The van der Waals surface area contributed by atoms with Gasteiger partial charge in [-0.3, -0.25) is 24.0 Å². The number of fused-ring (bicyclic) bond motifs is 5. The van der Waals surface area contributed by atoms with E-state index in [1.807, 2.05) is 24.3 Å². The van der Waals surface area contributed by atoms with Crippen molar-refractivity contribution in [3.05, 3.63) is 94.8 Å². The molecule has 0 unspecified atom stereocenters. The lowest BCUT2D eigenvalue weighted by Gasteiger charge is -2.32. The molecule has 15 heteroatoms. The summed E-state index contributed by atoms with van der Waals surface area (Å²) in [6.45, 7) is 8.57. The number of nitrogens with zero attached hydrogens (tertiary/aromatic N) is 4. The van der Waals surface area contributed by atoms with Crippen molar-refractivity contribution < 1.29 is 33.4 Å². The van der Waals surface area contributed by atoms with Crippen LogP contribution in [0.25, 0.3) is 22.5 Å². The molecule has 5 rings (SSSR count). The van der Waals surface area contributed by atoms with E-state index in [1.54, 1.807) is 44.2 Å². The highest BCUT2D eigenvalue weighted by molar-refractivity contribution is 6.00. The molecule has 66 heavy (non-hydrogen) atoms. The van der Waals surface area contributed by atoms with Crippen LogP contribution < -0.4 is 32.0 Å². The molecule has 3 aromatic carbocycles. The van der Waals surface area contributed by atoms with Crippen LogP contribution in [0.4, 0.5) is 0 Å². The Morgan fingerprint density at radius 1 is 0.909 bits per heavy atom. The second kappa shape index (κ2) is 24.3. The van der Waals surface area contributed by atoms with E-state index >= 15 is 0 Å². The van der Waals surface area contributed by atoms with Gasteiger partial charge in [-0.1, -0.05) is 57.2 Å². The summed E-state index contributed by atoms with van der Waals surface area (Å²) in [5.74, 6) is -2.08. The number of hydrogen-bond donors (Lipinski definition) is 4. The van der Waals surface area contributed by atoms with Crippen LogP contribution in [0.15, 0.2) is 66.9 Å². The lowest BCUT2D eigenvalue weighted by molar-refractivity contribution is -0.142. The normalized spacial score (nSPS) is 16.7. The molecule has 7 N–H and O–H groups in total. The summed E-state index contributed by atoms with van der Waals surface area (Å²) >= 11 is 0. The Bertz CT molecular complexity index is 2400. The maximum Gasteiger partial charge on any atom is 0.226 e. The number of carbonyl (C=O) groups is 5. The highest BCUT2D eigenvalue weighted by atomic mass is 16.5. The Morgan fingerprint density at radius 3 is 2.20 bits per heavy atom. The Kier molecular flexibility index (Phi) is 18.6. The van der Waals surface area contributed by atoms with Gasteiger partial charge in [-0.25, -0.2) is 9.97 Å². The summed E-state index contributed by atoms with van der Waals surface area (Å²) in [6, 6.07) is 18.3. The summed E-state index contributed by atoms with van der Waals surface area (Å²) < 4.78 is 12.3. The van der Waals surface area contributed by atoms with Crippen molar-refractivity contribution in [3.8, 4) is 40.1 Å². The highest BCUT2D eigenvalue weighted by Gasteiger charge is 2.36. The molecule has 15 nitrogen and oxygen atoms in total. The fourth-order valence-electron chi connectivity index (χ4n) is 8.13. The zero-order chi connectivity index (χ0) is 47.9. The number of Topliss-reactive ketones (excluding diaryl/α,β-unsaturated/α-hetero) is 3. The number of ether oxygens (including phenoxy) is 2. The van der Waals surface area contributed by atoms with Crippen LogP contribution in [0.5, 0.6) is 11.5 Å². The molecule has 350 valence electrons. The number of aryl methyl sites for hydroxylation is 2. The number of rotatable bonds is 20. The van der Waals surface area contributed by atoms with Crippen LogP contribution >= 0.6 is 0 Å². The van der Waals surface area contributed by atoms with Gasteiger partial charge in [0.05, 0.1) is 23.4 Å². The number of benzene rings is 3. The maximum atomic E-state index is 14.7. The lowest BCUT2D eigenvalue weighted by atomic mass is 9.88. The molecule has 0 radical (unpaired) electrons. The molecule has 4 aromatic rings. The first-order valence-corrected chi connectivity index (χ1v) is 22.8. The molecule has 1 aromatic heterocycles. The smallest absolute Gasteiger partial charge is 0.226 e. The number of hydrogen-bond acceptors (Lipinski definition) is 13. The maximum absolute atomic E-state index is 14.7. The number of aromatic nitrogens is 2. The minimum atomic E-state index is -1.24. The first-order valence-electron chi connectivity index (χ1n) is 22.8. The van der Waals surface area contributed by atoms with Crippen molar-refractivity contribution in [2.75, 3.05) is 39.9 Å². The third-order valence-electron chi connectivity index (χ3n) is 11.8. The summed E-state index contributed by atoms with van der Waals surface area (Å²) in [5.41, 5.74) is 22.7. The van der Waals surface area contributed by atoms with E-state index in [-0.39, 0.29) is 88.5 Å². The van der Waals surface area contributed by atoms with Crippen LogP contribution in [0.2, 0.25) is 0 Å². The number of nitrogens with one attached hydrogen (secondary N) is 1. The minimum absolute atomic E-state index is 0.0305. The van der Waals surface area contributed by atoms with Crippen LogP contribution in [-0.2, 0) is 32.0 Å². The van der Waals surface area contributed by atoms with Gasteiger partial charge in [0.2, 0.25) is 11.8 Å². The first kappa shape index (κ1) is 50.7. The molecule has 4 bridgehead atoms. The Hall–Kier alpha value is -6.34. The summed E-state index contributed by atoms with van der Waals surface area (Å²) in [7, 11) is 1.50.